The summed E-state index contributed by atoms with van der Waals surface area (Å²) in [5.74, 6) is -0.228. The van der Waals surface area contributed by atoms with Gasteiger partial charge in [0.15, 0.2) is 6.61 Å². The van der Waals surface area contributed by atoms with Crippen LogP contribution in [0.2, 0.25) is 5.02 Å². The summed E-state index contributed by atoms with van der Waals surface area (Å²) in [6, 6.07) is 14.4. The van der Waals surface area contributed by atoms with Crippen molar-refractivity contribution < 1.29 is 18.8 Å². The number of amides is 2. The first-order valence-electron chi connectivity index (χ1n) is 8.86. The maximum absolute atomic E-state index is 12.1. The number of aromatic nitrogens is 2. The second-order valence-corrected chi connectivity index (χ2v) is 6.52. The SMILES string of the molecule is Cc1cccc(-c2noc(C(=O)NCCNC(=O)COc3ccccc3Cl)n2)c1. The zero-order chi connectivity index (χ0) is 20.6. The van der Waals surface area contributed by atoms with E-state index in [2.05, 4.69) is 20.8 Å². The molecule has 0 atom stereocenters. The van der Waals surface area contributed by atoms with Crippen LogP contribution in [0.5, 0.6) is 5.75 Å². The summed E-state index contributed by atoms with van der Waals surface area (Å²) in [5, 5.41) is 9.48. The van der Waals surface area contributed by atoms with Crippen molar-refractivity contribution in [2.45, 2.75) is 6.92 Å². The molecular formula is C20H19ClN4O4. The Morgan fingerprint density at radius 1 is 1.10 bits per heavy atom. The second kappa shape index (κ2) is 9.70. The van der Waals surface area contributed by atoms with E-state index in [1.165, 1.54) is 0 Å². The Kier molecular flexibility index (Phi) is 6.80. The van der Waals surface area contributed by atoms with Crippen molar-refractivity contribution in [2.75, 3.05) is 19.7 Å². The first kappa shape index (κ1) is 20.3. The molecule has 3 rings (SSSR count). The van der Waals surface area contributed by atoms with Crippen LogP contribution in [0.4, 0.5) is 0 Å². The van der Waals surface area contributed by atoms with Crippen LogP contribution in [0.3, 0.4) is 0 Å². The highest BCUT2D eigenvalue weighted by Crippen LogP contribution is 2.22. The molecule has 0 fully saturated rings. The number of para-hydroxylation sites is 1. The van der Waals surface area contributed by atoms with Crippen molar-refractivity contribution in [2.24, 2.45) is 0 Å². The Balaban J connectivity index is 1.40. The van der Waals surface area contributed by atoms with Gasteiger partial charge in [-0.2, -0.15) is 4.98 Å². The van der Waals surface area contributed by atoms with E-state index < -0.39 is 5.91 Å². The molecule has 1 heterocycles. The number of nitrogens with one attached hydrogen (secondary N) is 2. The number of ether oxygens (including phenoxy) is 1. The average Bonchev–Trinajstić information content (AvgIpc) is 3.21. The topological polar surface area (TPSA) is 106 Å². The van der Waals surface area contributed by atoms with Crippen molar-refractivity contribution in [1.82, 2.24) is 20.8 Å². The summed E-state index contributed by atoms with van der Waals surface area (Å²) in [7, 11) is 0. The molecule has 3 aromatic rings. The van der Waals surface area contributed by atoms with Crippen LogP contribution in [-0.4, -0.2) is 41.7 Å². The van der Waals surface area contributed by atoms with Crippen LogP contribution >= 0.6 is 11.6 Å². The zero-order valence-electron chi connectivity index (χ0n) is 15.6. The van der Waals surface area contributed by atoms with E-state index in [1.54, 1.807) is 24.3 Å². The fraction of sp³-hybridized carbons (Fsp3) is 0.200. The van der Waals surface area contributed by atoms with E-state index in [0.717, 1.165) is 11.1 Å². The molecule has 0 unspecified atom stereocenters. The molecule has 8 nitrogen and oxygen atoms in total. The third-order valence-electron chi connectivity index (χ3n) is 3.82. The first-order chi connectivity index (χ1) is 14.0. The predicted molar refractivity (Wildman–Crippen MR) is 107 cm³/mol. The normalized spacial score (nSPS) is 10.4. The number of hydrogen-bond donors (Lipinski definition) is 2. The monoisotopic (exact) mass is 414 g/mol. The van der Waals surface area contributed by atoms with Crippen LogP contribution in [0.1, 0.15) is 16.2 Å². The number of aryl methyl sites for hydroxylation is 1. The quantitative estimate of drug-likeness (QED) is 0.549. The van der Waals surface area contributed by atoms with E-state index >= 15 is 0 Å². The molecule has 9 heteroatoms. The molecule has 2 amide bonds. The standard InChI is InChI=1S/C20H19ClN4O4/c1-13-5-4-6-14(11-13)18-24-20(29-25-18)19(27)23-10-9-22-17(26)12-28-16-8-3-2-7-15(16)21/h2-8,11H,9-10,12H2,1H3,(H,22,26)(H,23,27). The van der Waals surface area contributed by atoms with Gasteiger partial charge in [-0.3, -0.25) is 9.59 Å². The lowest BCUT2D eigenvalue weighted by molar-refractivity contribution is -0.123. The van der Waals surface area contributed by atoms with E-state index in [1.807, 2.05) is 31.2 Å². The molecule has 2 N–H and O–H groups in total. The summed E-state index contributed by atoms with van der Waals surface area (Å²) in [6.07, 6.45) is 0. The van der Waals surface area contributed by atoms with Crippen LogP contribution < -0.4 is 15.4 Å². The maximum Gasteiger partial charge on any atom is 0.316 e. The van der Waals surface area contributed by atoms with Gasteiger partial charge in [0, 0.05) is 18.7 Å². The number of carbonyl (C=O) groups is 2. The minimum Gasteiger partial charge on any atom is -0.482 e. The van der Waals surface area contributed by atoms with Crippen molar-refractivity contribution in [1.29, 1.82) is 0 Å². The second-order valence-electron chi connectivity index (χ2n) is 6.12. The maximum atomic E-state index is 12.1. The Morgan fingerprint density at radius 3 is 2.69 bits per heavy atom. The number of hydrogen-bond acceptors (Lipinski definition) is 6. The number of carbonyl (C=O) groups excluding carboxylic acids is 2. The summed E-state index contributed by atoms with van der Waals surface area (Å²) < 4.78 is 10.3. The Bertz CT molecular complexity index is 1010. The molecule has 0 bridgehead atoms. The fourth-order valence-electron chi connectivity index (χ4n) is 2.43. The molecule has 0 aliphatic rings. The van der Waals surface area contributed by atoms with E-state index in [0.29, 0.717) is 16.6 Å². The summed E-state index contributed by atoms with van der Waals surface area (Å²) in [4.78, 5) is 28.0. The predicted octanol–water partition coefficient (Wildman–Crippen LogP) is 2.62. The first-order valence-corrected chi connectivity index (χ1v) is 9.23. The largest absolute Gasteiger partial charge is 0.482 e. The Hall–Kier alpha value is -3.39. The molecule has 2 aromatic carbocycles. The summed E-state index contributed by atoms with van der Waals surface area (Å²) in [5.41, 5.74) is 1.81. The van der Waals surface area contributed by atoms with Gasteiger partial charge in [-0.15, -0.1) is 0 Å². The fourth-order valence-corrected chi connectivity index (χ4v) is 2.62. The number of halogens is 1. The highest BCUT2D eigenvalue weighted by molar-refractivity contribution is 6.32. The highest BCUT2D eigenvalue weighted by atomic mass is 35.5. The van der Waals surface area contributed by atoms with Gasteiger partial charge >= 0.3 is 11.8 Å². The van der Waals surface area contributed by atoms with Gasteiger partial charge in [-0.25, -0.2) is 0 Å². The molecule has 0 spiro atoms. The zero-order valence-corrected chi connectivity index (χ0v) is 16.4. The van der Waals surface area contributed by atoms with Crippen molar-refractivity contribution in [3.05, 3.63) is 65.0 Å². The third kappa shape index (κ3) is 5.79. The lowest BCUT2D eigenvalue weighted by Crippen LogP contribution is -2.36. The van der Waals surface area contributed by atoms with Gasteiger partial charge in [0.1, 0.15) is 5.75 Å². The molecule has 150 valence electrons. The van der Waals surface area contributed by atoms with Gasteiger partial charge in [0.25, 0.3) is 5.91 Å². The van der Waals surface area contributed by atoms with Gasteiger partial charge < -0.3 is 19.9 Å². The summed E-state index contributed by atoms with van der Waals surface area (Å²) in [6.45, 7) is 2.18. The molecule has 0 aliphatic heterocycles. The van der Waals surface area contributed by atoms with Crippen LogP contribution in [-0.2, 0) is 4.79 Å². The minimum atomic E-state index is -0.516. The lowest BCUT2D eigenvalue weighted by atomic mass is 10.1. The number of nitrogens with zero attached hydrogens (tertiary/aromatic N) is 2. The minimum absolute atomic E-state index is 0.144. The van der Waals surface area contributed by atoms with Gasteiger partial charge in [-0.1, -0.05) is 52.7 Å². The average molecular weight is 415 g/mol. The van der Waals surface area contributed by atoms with Gasteiger partial charge in [-0.05, 0) is 25.1 Å². The number of benzene rings is 2. The molecule has 1 aromatic heterocycles. The van der Waals surface area contributed by atoms with E-state index in [4.69, 9.17) is 20.9 Å². The van der Waals surface area contributed by atoms with Crippen LogP contribution in [0.25, 0.3) is 11.4 Å². The Morgan fingerprint density at radius 2 is 1.90 bits per heavy atom. The Labute approximate surface area is 172 Å². The molecular weight excluding hydrogens is 396 g/mol. The van der Waals surface area contributed by atoms with E-state index in [9.17, 15) is 9.59 Å². The summed E-state index contributed by atoms with van der Waals surface area (Å²) >= 11 is 5.95. The van der Waals surface area contributed by atoms with Crippen LogP contribution in [0, 0.1) is 6.92 Å². The smallest absolute Gasteiger partial charge is 0.316 e. The molecule has 0 saturated heterocycles. The molecule has 0 aliphatic carbocycles. The third-order valence-corrected chi connectivity index (χ3v) is 4.14. The van der Waals surface area contributed by atoms with E-state index in [-0.39, 0.29) is 31.5 Å². The van der Waals surface area contributed by atoms with Gasteiger partial charge in [0.2, 0.25) is 5.82 Å². The van der Waals surface area contributed by atoms with Crippen LogP contribution in [0.15, 0.2) is 53.1 Å². The van der Waals surface area contributed by atoms with Crippen molar-refractivity contribution in [3.63, 3.8) is 0 Å². The van der Waals surface area contributed by atoms with Crippen molar-refractivity contribution in [3.8, 4) is 17.1 Å². The highest BCUT2D eigenvalue weighted by Gasteiger charge is 2.15. The molecule has 29 heavy (non-hydrogen) atoms. The van der Waals surface area contributed by atoms with Gasteiger partial charge in [0.05, 0.1) is 5.02 Å². The molecule has 0 saturated carbocycles. The number of rotatable bonds is 8. The van der Waals surface area contributed by atoms with Crippen molar-refractivity contribution >= 4 is 23.4 Å². The molecule has 0 radical (unpaired) electrons. The lowest BCUT2D eigenvalue weighted by Gasteiger charge is -2.08.